The highest BCUT2D eigenvalue weighted by atomic mass is 127. The topological polar surface area (TPSA) is 42.0 Å². The lowest BCUT2D eigenvalue weighted by atomic mass is 10.1. The van der Waals surface area contributed by atoms with Gasteiger partial charge in [0.05, 0.1) is 5.69 Å². The summed E-state index contributed by atoms with van der Waals surface area (Å²) >= 11 is 3.83. The molecule has 0 fully saturated rings. The first-order chi connectivity index (χ1) is 13.2. The van der Waals surface area contributed by atoms with E-state index >= 15 is 0 Å². The Balaban J connectivity index is 1.49. The number of rotatable bonds is 4. The largest absolute Gasteiger partial charge is 0.322 e. The van der Waals surface area contributed by atoms with Gasteiger partial charge in [-0.1, -0.05) is 48.5 Å². The Labute approximate surface area is 175 Å². The fraction of sp³-hybridized carbons (Fsp3) is 0. The predicted molar refractivity (Wildman–Crippen MR) is 120 cm³/mol. The van der Waals surface area contributed by atoms with E-state index in [0.717, 1.165) is 31.1 Å². The minimum Gasteiger partial charge on any atom is -0.322 e. The van der Waals surface area contributed by atoms with Crippen LogP contribution in [0.5, 0.6) is 0 Å². The summed E-state index contributed by atoms with van der Waals surface area (Å²) in [6.07, 6.45) is 0. The van der Waals surface area contributed by atoms with Gasteiger partial charge in [0.15, 0.2) is 0 Å². The van der Waals surface area contributed by atoms with Gasteiger partial charge < -0.3 is 5.32 Å². The standard InChI is InChI=1S/C22H15IN2OS/c23-18-8-4-7-17(13-18)21(26)24-19-11-9-15(10-12-19)20-14-27-22(25-20)16-5-2-1-3-6-16/h1-14H,(H,24,26). The molecule has 1 N–H and O–H groups in total. The highest BCUT2D eigenvalue weighted by Gasteiger charge is 2.09. The molecule has 0 radical (unpaired) electrons. The van der Waals surface area contributed by atoms with Crippen LogP contribution in [0.15, 0.2) is 84.2 Å². The second kappa shape index (κ2) is 8.02. The van der Waals surface area contributed by atoms with Gasteiger partial charge in [0.25, 0.3) is 5.91 Å². The van der Waals surface area contributed by atoms with Gasteiger partial charge in [-0.25, -0.2) is 4.98 Å². The van der Waals surface area contributed by atoms with E-state index in [1.807, 2.05) is 66.7 Å². The Morgan fingerprint density at radius 3 is 2.41 bits per heavy atom. The second-order valence-electron chi connectivity index (χ2n) is 5.95. The average Bonchev–Trinajstić information content (AvgIpc) is 3.19. The first-order valence-electron chi connectivity index (χ1n) is 8.37. The summed E-state index contributed by atoms with van der Waals surface area (Å²) in [6, 6.07) is 25.4. The molecular weight excluding hydrogens is 467 g/mol. The van der Waals surface area contributed by atoms with E-state index in [4.69, 9.17) is 4.98 Å². The lowest BCUT2D eigenvalue weighted by molar-refractivity contribution is 0.102. The Morgan fingerprint density at radius 1 is 0.889 bits per heavy atom. The highest BCUT2D eigenvalue weighted by Crippen LogP contribution is 2.29. The fourth-order valence-corrected chi connectivity index (χ4v) is 4.06. The molecule has 0 unspecified atom stereocenters. The van der Waals surface area contributed by atoms with Gasteiger partial charge in [-0.05, 0) is 52.9 Å². The molecule has 1 aromatic heterocycles. The number of thiazole rings is 1. The molecule has 4 aromatic rings. The van der Waals surface area contributed by atoms with Gasteiger partial charge in [0.2, 0.25) is 0 Å². The summed E-state index contributed by atoms with van der Waals surface area (Å²) in [6.45, 7) is 0. The van der Waals surface area contributed by atoms with Crippen LogP contribution >= 0.6 is 33.9 Å². The molecule has 0 atom stereocenters. The zero-order chi connectivity index (χ0) is 18.6. The van der Waals surface area contributed by atoms with Crippen molar-refractivity contribution in [2.45, 2.75) is 0 Å². The van der Waals surface area contributed by atoms with Gasteiger partial charge in [-0.2, -0.15) is 0 Å². The van der Waals surface area contributed by atoms with Crippen molar-refractivity contribution in [3.8, 4) is 21.8 Å². The number of nitrogens with one attached hydrogen (secondary N) is 1. The van der Waals surface area contributed by atoms with Crippen molar-refractivity contribution in [3.05, 3.63) is 93.4 Å². The molecule has 3 nitrogen and oxygen atoms in total. The van der Waals surface area contributed by atoms with E-state index in [1.54, 1.807) is 11.3 Å². The molecule has 5 heteroatoms. The maximum Gasteiger partial charge on any atom is 0.255 e. The van der Waals surface area contributed by atoms with Crippen LogP contribution in [0.25, 0.3) is 21.8 Å². The van der Waals surface area contributed by atoms with Gasteiger partial charge in [-0.15, -0.1) is 11.3 Å². The van der Waals surface area contributed by atoms with E-state index in [2.05, 4.69) is 45.4 Å². The van der Waals surface area contributed by atoms with Crippen molar-refractivity contribution in [2.75, 3.05) is 5.32 Å². The molecule has 1 amide bonds. The minimum atomic E-state index is -0.110. The number of hydrogen-bond donors (Lipinski definition) is 1. The lowest BCUT2D eigenvalue weighted by Crippen LogP contribution is -2.11. The Bertz CT molecular complexity index is 1070. The number of halogens is 1. The molecule has 0 saturated heterocycles. The van der Waals surface area contributed by atoms with Gasteiger partial charge in [-0.3, -0.25) is 4.79 Å². The van der Waals surface area contributed by atoms with Gasteiger partial charge >= 0.3 is 0 Å². The van der Waals surface area contributed by atoms with Crippen LogP contribution in [0, 0.1) is 3.57 Å². The lowest BCUT2D eigenvalue weighted by Gasteiger charge is -2.06. The zero-order valence-corrected chi connectivity index (χ0v) is 17.2. The van der Waals surface area contributed by atoms with Crippen molar-refractivity contribution in [2.24, 2.45) is 0 Å². The van der Waals surface area contributed by atoms with Crippen LogP contribution in [0.3, 0.4) is 0 Å². The molecule has 0 spiro atoms. The van der Waals surface area contributed by atoms with Crippen LogP contribution in [0.1, 0.15) is 10.4 Å². The van der Waals surface area contributed by atoms with E-state index in [-0.39, 0.29) is 5.91 Å². The molecule has 4 rings (SSSR count). The van der Waals surface area contributed by atoms with E-state index in [1.165, 1.54) is 0 Å². The Hall–Kier alpha value is -2.51. The van der Waals surface area contributed by atoms with Crippen LogP contribution < -0.4 is 5.32 Å². The molecule has 1 heterocycles. The molecule has 0 bridgehead atoms. The Morgan fingerprint density at radius 2 is 1.67 bits per heavy atom. The molecule has 3 aromatic carbocycles. The summed E-state index contributed by atoms with van der Waals surface area (Å²) in [7, 11) is 0. The van der Waals surface area contributed by atoms with Crippen molar-refractivity contribution in [1.29, 1.82) is 0 Å². The number of benzene rings is 3. The van der Waals surface area contributed by atoms with Gasteiger partial charge in [0, 0.05) is 31.3 Å². The smallest absolute Gasteiger partial charge is 0.255 e. The van der Waals surface area contributed by atoms with E-state index in [9.17, 15) is 4.79 Å². The summed E-state index contributed by atoms with van der Waals surface area (Å²) < 4.78 is 1.04. The summed E-state index contributed by atoms with van der Waals surface area (Å²) in [5.41, 5.74) is 4.50. The Kier molecular flexibility index (Phi) is 5.31. The highest BCUT2D eigenvalue weighted by molar-refractivity contribution is 14.1. The number of hydrogen-bond acceptors (Lipinski definition) is 3. The second-order valence-corrected chi connectivity index (χ2v) is 8.05. The van der Waals surface area contributed by atoms with Crippen molar-refractivity contribution < 1.29 is 4.79 Å². The number of aromatic nitrogens is 1. The van der Waals surface area contributed by atoms with Crippen LogP contribution in [-0.2, 0) is 0 Å². The average molecular weight is 482 g/mol. The third-order valence-electron chi connectivity index (χ3n) is 4.05. The van der Waals surface area contributed by atoms with E-state index < -0.39 is 0 Å². The van der Waals surface area contributed by atoms with Crippen molar-refractivity contribution in [3.63, 3.8) is 0 Å². The monoisotopic (exact) mass is 482 g/mol. The summed E-state index contributed by atoms with van der Waals surface area (Å²) in [4.78, 5) is 17.1. The minimum absolute atomic E-state index is 0.110. The molecule has 0 aliphatic heterocycles. The number of carbonyl (C=O) groups is 1. The third kappa shape index (κ3) is 4.26. The molecule has 0 saturated carbocycles. The maximum atomic E-state index is 12.4. The van der Waals surface area contributed by atoms with Crippen LogP contribution in [-0.4, -0.2) is 10.9 Å². The maximum absolute atomic E-state index is 12.4. The van der Waals surface area contributed by atoms with Crippen LogP contribution in [0.4, 0.5) is 5.69 Å². The van der Waals surface area contributed by atoms with Gasteiger partial charge in [0.1, 0.15) is 5.01 Å². The predicted octanol–water partition coefficient (Wildman–Crippen LogP) is 6.33. The molecule has 0 aliphatic rings. The summed E-state index contributed by atoms with van der Waals surface area (Å²) in [5, 5.41) is 5.99. The van der Waals surface area contributed by atoms with Crippen LogP contribution in [0.2, 0.25) is 0 Å². The molecule has 132 valence electrons. The fourth-order valence-electron chi connectivity index (χ4n) is 2.68. The first-order valence-corrected chi connectivity index (χ1v) is 10.3. The first kappa shape index (κ1) is 17.9. The van der Waals surface area contributed by atoms with Crippen molar-refractivity contribution in [1.82, 2.24) is 4.98 Å². The zero-order valence-electron chi connectivity index (χ0n) is 14.2. The molecular formula is C22H15IN2OS. The third-order valence-corrected chi connectivity index (χ3v) is 5.61. The normalized spacial score (nSPS) is 10.6. The quantitative estimate of drug-likeness (QED) is 0.345. The number of amides is 1. The number of carbonyl (C=O) groups excluding carboxylic acids is 1. The molecule has 0 aliphatic carbocycles. The van der Waals surface area contributed by atoms with Crippen molar-refractivity contribution >= 4 is 45.5 Å². The molecule has 27 heavy (non-hydrogen) atoms. The van der Waals surface area contributed by atoms with E-state index in [0.29, 0.717) is 5.56 Å². The number of nitrogens with zero attached hydrogens (tertiary/aromatic N) is 1. The number of anilines is 1. The summed E-state index contributed by atoms with van der Waals surface area (Å²) in [5.74, 6) is -0.110. The SMILES string of the molecule is O=C(Nc1ccc(-c2csc(-c3ccccc3)n2)cc1)c1cccc(I)c1.